The van der Waals surface area contributed by atoms with Crippen LogP contribution < -0.4 is 0 Å². The highest BCUT2D eigenvalue weighted by molar-refractivity contribution is 5.60. The van der Waals surface area contributed by atoms with Crippen LogP contribution in [0.4, 0.5) is 0 Å². The van der Waals surface area contributed by atoms with E-state index in [9.17, 15) is 0 Å². The first kappa shape index (κ1) is 18.1. The molecule has 142 valence electrons. The van der Waals surface area contributed by atoms with Gasteiger partial charge in [0.05, 0.1) is 0 Å². The van der Waals surface area contributed by atoms with E-state index >= 15 is 0 Å². The second-order valence-corrected chi connectivity index (χ2v) is 9.17. The molecule has 0 aromatic carbocycles. The summed E-state index contributed by atoms with van der Waals surface area (Å²) in [6.07, 6.45) is 17.5. The predicted octanol–water partition coefficient (Wildman–Crippen LogP) is 5.79. The number of allylic oxidation sites excluding steroid dienone is 2. The van der Waals surface area contributed by atoms with Crippen molar-refractivity contribution < 1.29 is 0 Å². The minimum Gasteiger partial charge on any atom is -0.218 e. The molecular formula is C23H35N3. The SMILES string of the molecule is C[C@@H](CCc1nc(CC[C@H](C)C2CC2)nc(C2=CCCCC2)n1)C1CC1. The van der Waals surface area contributed by atoms with Crippen LogP contribution in [0.2, 0.25) is 0 Å². The Balaban J connectivity index is 1.46. The zero-order valence-electron chi connectivity index (χ0n) is 16.7. The van der Waals surface area contributed by atoms with E-state index in [1.807, 2.05) is 0 Å². The topological polar surface area (TPSA) is 38.7 Å². The third kappa shape index (κ3) is 4.92. The summed E-state index contributed by atoms with van der Waals surface area (Å²) >= 11 is 0. The molecule has 0 radical (unpaired) electrons. The molecule has 1 heterocycles. The predicted molar refractivity (Wildman–Crippen MR) is 107 cm³/mol. The summed E-state index contributed by atoms with van der Waals surface area (Å²) in [5.74, 6) is 6.66. The van der Waals surface area contributed by atoms with Crippen LogP contribution in [0, 0.1) is 23.7 Å². The minimum atomic E-state index is 0.822. The number of rotatable bonds is 9. The van der Waals surface area contributed by atoms with E-state index in [2.05, 4.69) is 19.9 Å². The fourth-order valence-electron chi connectivity index (χ4n) is 4.39. The Morgan fingerprint density at radius 2 is 1.42 bits per heavy atom. The van der Waals surface area contributed by atoms with Gasteiger partial charge in [-0.1, -0.05) is 19.9 Å². The van der Waals surface area contributed by atoms with Crippen molar-refractivity contribution >= 4 is 5.57 Å². The molecule has 4 rings (SSSR count). The van der Waals surface area contributed by atoms with Crippen molar-refractivity contribution in [3.63, 3.8) is 0 Å². The van der Waals surface area contributed by atoms with E-state index in [0.717, 1.165) is 60.4 Å². The zero-order chi connectivity index (χ0) is 17.9. The average molecular weight is 354 g/mol. The maximum Gasteiger partial charge on any atom is 0.158 e. The molecule has 0 amide bonds. The molecular weight excluding hydrogens is 318 g/mol. The summed E-state index contributed by atoms with van der Waals surface area (Å²) in [7, 11) is 0. The molecule has 3 aliphatic carbocycles. The number of nitrogens with zero attached hydrogens (tertiary/aromatic N) is 3. The van der Waals surface area contributed by atoms with Crippen molar-refractivity contribution in [2.45, 2.75) is 90.9 Å². The Hall–Kier alpha value is -1.25. The first-order chi connectivity index (χ1) is 12.7. The summed E-state index contributed by atoms with van der Waals surface area (Å²) in [6.45, 7) is 4.81. The van der Waals surface area contributed by atoms with Gasteiger partial charge in [-0.15, -0.1) is 0 Å². The van der Waals surface area contributed by atoms with Crippen molar-refractivity contribution in [2.75, 3.05) is 0 Å². The number of aryl methyl sites for hydroxylation is 2. The highest BCUT2D eigenvalue weighted by Gasteiger charge is 2.28. The Kier molecular flexibility index (Phi) is 5.71. The van der Waals surface area contributed by atoms with Crippen LogP contribution in [0.5, 0.6) is 0 Å². The van der Waals surface area contributed by atoms with Crippen molar-refractivity contribution in [1.82, 2.24) is 15.0 Å². The van der Waals surface area contributed by atoms with E-state index in [1.54, 1.807) is 0 Å². The standard InChI is InChI=1S/C23H35N3/c1-16(18-10-11-18)8-14-21-24-22(15-9-17(2)19-12-13-19)26-23(25-21)20-6-4-3-5-7-20/h6,16-19H,3-5,7-15H2,1-2H3/t16-,17-/m0/s1. The van der Waals surface area contributed by atoms with Crippen LogP contribution in [0.3, 0.4) is 0 Å². The van der Waals surface area contributed by atoms with E-state index in [4.69, 9.17) is 15.0 Å². The fourth-order valence-corrected chi connectivity index (χ4v) is 4.39. The van der Waals surface area contributed by atoms with Crippen molar-refractivity contribution in [3.8, 4) is 0 Å². The largest absolute Gasteiger partial charge is 0.218 e. The molecule has 2 atom stereocenters. The van der Waals surface area contributed by atoms with Gasteiger partial charge in [0.1, 0.15) is 11.6 Å². The van der Waals surface area contributed by atoms with Gasteiger partial charge in [0.25, 0.3) is 0 Å². The highest BCUT2D eigenvalue weighted by Crippen LogP contribution is 2.39. The van der Waals surface area contributed by atoms with Crippen LogP contribution >= 0.6 is 0 Å². The lowest BCUT2D eigenvalue weighted by atomic mass is 9.98. The summed E-state index contributed by atoms with van der Waals surface area (Å²) < 4.78 is 0. The molecule has 3 heteroatoms. The minimum absolute atomic E-state index is 0.822. The Bertz CT molecular complexity index is 603. The van der Waals surface area contributed by atoms with Gasteiger partial charge in [-0.05, 0) is 93.5 Å². The third-order valence-electron chi connectivity index (χ3n) is 6.81. The first-order valence-electron chi connectivity index (χ1n) is 11.1. The van der Waals surface area contributed by atoms with E-state index in [0.29, 0.717) is 0 Å². The van der Waals surface area contributed by atoms with Crippen LogP contribution in [0.1, 0.15) is 95.5 Å². The number of hydrogen-bond acceptors (Lipinski definition) is 3. The Morgan fingerprint density at radius 3 is 1.88 bits per heavy atom. The molecule has 0 bridgehead atoms. The molecule has 1 aromatic rings. The normalized spacial score (nSPS) is 22.8. The quantitative estimate of drug-likeness (QED) is 0.564. The Morgan fingerprint density at radius 1 is 0.846 bits per heavy atom. The lowest BCUT2D eigenvalue weighted by Gasteiger charge is -2.15. The number of aromatic nitrogens is 3. The Labute approximate surface area is 159 Å². The van der Waals surface area contributed by atoms with Crippen molar-refractivity contribution in [3.05, 3.63) is 23.5 Å². The molecule has 0 unspecified atom stereocenters. The molecule has 0 N–H and O–H groups in total. The number of hydrogen-bond donors (Lipinski definition) is 0. The summed E-state index contributed by atoms with van der Waals surface area (Å²) in [5, 5.41) is 0. The fraction of sp³-hybridized carbons (Fsp3) is 0.783. The zero-order valence-corrected chi connectivity index (χ0v) is 16.7. The average Bonchev–Trinajstić information content (AvgIpc) is 3.57. The van der Waals surface area contributed by atoms with Crippen LogP contribution in [0.25, 0.3) is 5.57 Å². The van der Waals surface area contributed by atoms with Gasteiger partial charge in [-0.2, -0.15) is 0 Å². The van der Waals surface area contributed by atoms with Crippen LogP contribution in [-0.2, 0) is 12.8 Å². The van der Waals surface area contributed by atoms with Gasteiger partial charge in [0.15, 0.2) is 5.82 Å². The second kappa shape index (κ2) is 8.19. The monoisotopic (exact) mass is 353 g/mol. The van der Waals surface area contributed by atoms with Crippen LogP contribution in [0.15, 0.2) is 6.08 Å². The molecule has 0 aliphatic heterocycles. The third-order valence-corrected chi connectivity index (χ3v) is 6.81. The van der Waals surface area contributed by atoms with Crippen LogP contribution in [-0.4, -0.2) is 15.0 Å². The van der Waals surface area contributed by atoms with Gasteiger partial charge >= 0.3 is 0 Å². The molecule has 0 saturated heterocycles. The summed E-state index contributed by atoms with van der Waals surface area (Å²) in [6, 6.07) is 0. The smallest absolute Gasteiger partial charge is 0.158 e. The van der Waals surface area contributed by atoms with Gasteiger partial charge < -0.3 is 0 Å². The van der Waals surface area contributed by atoms with Gasteiger partial charge in [0.2, 0.25) is 0 Å². The molecule has 2 fully saturated rings. The van der Waals surface area contributed by atoms with Crippen molar-refractivity contribution in [1.29, 1.82) is 0 Å². The van der Waals surface area contributed by atoms with E-state index in [1.165, 1.54) is 63.4 Å². The first-order valence-corrected chi connectivity index (χ1v) is 11.1. The molecule has 26 heavy (non-hydrogen) atoms. The molecule has 2 saturated carbocycles. The summed E-state index contributed by atoms with van der Waals surface area (Å²) in [5.41, 5.74) is 1.37. The molecule has 0 spiro atoms. The second-order valence-electron chi connectivity index (χ2n) is 9.17. The lowest BCUT2D eigenvalue weighted by molar-refractivity contribution is 0.456. The maximum absolute atomic E-state index is 4.89. The van der Waals surface area contributed by atoms with E-state index < -0.39 is 0 Å². The molecule has 3 nitrogen and oxygen atoms in total. The highest BCUT2D eigenvalue weighted by atomic mass is 15.0. The van der Waals surface area contributed by atoms with E-state index in [-0.39, 0.29) is 0 Å². The van der Waals surface area contributed by atoms with Crippen molar-refractivity contribution in [2.24, 2.45) is 23.7 Å². The van der Waals surface area contributed by atoms with Gasteiger partial charge in [0, 0.05) is 12.8 Å². The molecule has 1 aromatic heterocycles. The van der Waals surface area contributed by atoms with Gasteiger partial charge in [-0.3, -0.25) is 0 Å². The lowest BCUT2D eigenvalue weighted by Crippen LogP contribution is -2.11. The summed E-state index contributed by atoms with van der Waals surface area (Å²) in [4.78, 5) is 14.7. The van der Waals surface area contributed by atoms with Gasteiger partial charge in [-0.25, -0.2) is 15.0 Å². The molecule has 3 aliphatic rings. The maximum atomic E-state index is 4.89.